The Morgan fingerprint density at radius 3 is 2.04 bits per heavy atom. The molecule has 0 bridgehead atoms. The molecule has 0 aliphatic carbocycles. The highest BCUT2D eigenvalue weighted by Crippen LogP contribution is 2.43. The van der Waals surface area contributed by atoms with Gasteiger partial charge >= 0.3 is 0 Å². The number of halogens is 1. The maximum absolute atomic E-state index is 5.62. The Morgan fingerprint density at radius 2 is 1.42 bits per heavy atom. The predicted octanol–water partition coefficient (Wildman–Crippen LogP) is 6.54. The second-order valence-electron chi connectivity index (χ2n) is 5.73. The summed E-state index contributed by atoms with van der Waals surface area (Å²) >= 11 is 3.59. The first-order valence-electron chi connectivity index (χ1n) is 7.86. The van der Waals surface area contributed by atoms with E-state index < -0.39 is 0 Å². The first-order chi connectivity index (χ1) is 11.6. The standard InChI is InChI=1S/C21H20BrNO/c1-15-13-17(22)14-16(2)21(15)23(18-9-5-4-6-10-18)19-11-7-8-12-20(19)24-3/h4-14H,1-3H3. The molecule has 0 aliphatic heterocycles. The molecule has 0 atom stereocenters. The Labute approximate surface area is 151 Å². The molecule has 3 heteroatoms. The average Bonchev–Trinajstić information content (AvgIpc) is 2.58. The van der Waals surface area contributed by atoms with Gasteiger partial charge in [0, 0.05) is 10.2 Å². The highest BCUT2D eigenvalue weighted by molar-refractivity contribution is 9.10. The van der Waals surface area contributed by atoms with E-state index in [2.05, 4.69) is 77.1 Å². The number of aryl methyl sites for hydroxylation is 2. The second kappa shape index (κ2) is 7.10. The third-order valence-electron chi connectivity index (χ3n) is 4.02. The van der Waals surface area contributed by atoms with E-state index >= 15 is 0 Å². The van der Waals surface area contributed by atoms with Gasteiger partial charge in [0.2, 0.25) is 0 Å². The van der Waals surface area contributed by atoms with E-state index in [1.165, 1.54) is 16.8 Å². The zero-order valence-corrected chi connectivity index (χ0v) is 15.7. The van der Waals surface area contributed by atoms with E-state index in [-0.39, 0.29) is 0 Å². The fourth-order valence-corrected chi connectivity index (χ4v) is 3.72. The maximum atomic E-state index is 5.62. The van der Waals surface area contributed by atoms with Gasteiger partial charge in [-0.1, -0.05) is 46.3 Å². The Bertz CT molecular complexity index is 822. The molecule has 0 spiro atoms. The molecule has 122 valence electrons. The number of benzene rings is 3. The summed E-state index contributed by atoms with van der Waals surface area (Å²) in [5, 5.41) is 0. The van der Waals surface area contributed by atoms with Crippen molar-refractivity contribution in [3.63, 3.8) is 0 Å². The topological polar surface area (TPSA) is 12.5 Å². The molecule has 3 rings (SSSR count). The number of nitrogens with zero attached hydrogens (tertiary/aromatic N) is 1. The lowest BCUT2D eigenvalue weighted by atomic mass is 10.1. The zero-order valence-electron chi connectivity index (χ0n) is 14.1. The van der Waals surface area contributed by atoms with Gasteiger partial charge in [0.25, 0.3) is 0 Å². The van der Waals surface area contributed by atoms with Gasteiger partial charge in [0.05, 0.1) is 18.5 Å². The summed E-state index contributed by atoms with van der Waals surface area (Å²) < 4.78 is 6.71. The highest BCUT2D eigenvalue weighted by Gasteiger charge is 2.19. The van der Waals surface area contributed by atoms with Crippen LogP contribution in [0.3, 0.4) is 0 Å². The third kappa shape index (κ3) is 3.17. The van der Waals surface area contributed by atoms with Crippen molar-refractivity contribution in [3.05, 3.63) is 82.3 Å². The molecule has 0 saturated heterocycles. The number of rotatable bonds is 4. The molecule has 0 unspecified atom stereocenters. The summed E-state index contributed by atoms with van der Waals surface area (Å²) in [6.45, 7) is 4.27. The molecule has 2 nitrogen and oxygen atoms in total. The minimum Gasteiger partial charge on any atom is -0.495 e. The van der Waals surface area contributed by atoms with Crippen LogP contribution in [0.25, 0.3) is 0 Å². The van der Waals surface area contributed by atoms with E-state index in [1.54, 1.807) is 7.11 Å². The average molecular weight is 382 g/mol. The van der Waals surface area contributed by atoms with E-state index in [9.17, 15) is 0 Å². The summed E-state index contributed by atoms with van der Waals surface area (Å²) in [7, 11) is 1.71. The summed E-state index contributed by atoms with van der Waals surface area (Å²) in [4.78, 5) is 2.26. The zero-order chi connectivity index (χ0) is 17.1. The molecule has 0 heterocycles. The normalized spacial score (nSPS) is 10.5. The SMILES string of the molecule is COc1ccccc1N(c1ccccc1)c1c(C)cc(Br)cc1C. The van der Waals surface area contributed by atoms with E-state index in [0.29, 0.717) is 0 Å². The predicted molar refractivity (Wildman–Crippen MR) is 105 cm³/mol. The fourth-order valence-electron chi connectivity index (χ4n) is 3.04. The van der Waals surface area contributed by atoms with Crippen molar-refractivity contribution in [3.8, 4) is 5.75 Å². The minimum atomic E-state index is 0.850. The van der Waals surface area contributed by atoms with Crippen molar-refractivity contribution < 1.29 is 4.74 Å². The molecule has 0 saturated carbocycles. The molecule has 0 amide bonds. The highest BCUT2D eigenvalue weighted by atomic mass is 79.9. The Kier molecular flexibility index (Phi) is 4.91. The summed E-state index contributed by atoms with van der Waals surface area (Å²) in [6, 6.07) is 22.8. The lowest BCUT2D eigenvalue weighted by Gasteiger charge is -2.30. The molecule has 0 aliphatic rings. The number of hydrogen-bond donors (Lipinski definition) is 0. The van der Waals surface area contributed by atoms with Gasteiger partial charge in [-0.25, -0.2) is 0 Å². The van der Waals surface area contributed by atoms with Gasteiger partial charge in [-0.15, -0.1) is 0 Å². The fraction of sp³-hybridized carbons (Fsp3) is 0.143. The first kappa shape index (κ1) is 16.6. The quantitative estimate of drug-likeness (QED) is 0.508. The van der Waals surface area contributed by atoms with Gasteiger partial charge in [-0.2, -0.15) is 0 Å². The summed E-state index contributed by atoms with van der Waals surface area (Å²) in [5.41, 5.74) is 5.72. The molecule has 24 heavy (non-hydrogen) atoms. The Balaban J connectivity index is 2.29. The van der Waals surface area contributed by atoms with Crippen molar-refractivity contribution in [2.75, 3.05) is 12.0 Å². The van der Waals surface area contributed by atoms with Crippen molar-refractivity contribution >= 4 is 33.0 Å². The van der Waals surface area contributed by atoms with Gasteiger partial charge in [-0.3, -0.25) is 0 Å². The lowest BCUT2D eigenvalue weighted by Crippen LogP contribution is -2.13. The summed E-state index contributed by atoms with van der Waals surface area (Å²) in [6.07, 6.45) is 0. The smallest absolute Gasteiger partial charge is 0.142 e. The number of ether oxygens (including phenoxy) is 1. The van der Waals surface area contributed by atoms with Crippen LogP contribution in [-0.2, 0) is 0 Å². The van der Waals surface area contributed by atoms with Crippen LogP contribution in [0.15, 0.2) is 71.2 Å². The van der Waals surface area contributed by atoms with Gasteiger partial charge < -0.3 is 9.64 Å². The van der Waals surface area contributed by atoms with Crippen molar-refractivity contribution in [1.82, 2.24) is 0 Å². The summed E-state index contributed by atoms with van der Waals surface area (Å²) in [5.74, 6) is 0.850. The molecule has 0 fully saturated rings. The largest absolute Gasteiger partial charge is 0.495 e. The van der Waals surface area contributed by atoms with E-state index in [1.807, 2.05) is 24.3 Å². The lowest BCUT2D eigenvalue weighted by molar-refractivity contribution is 0.416. The molecule has 0 N–H and O–H groups in total. The molecule has 0 radical (unpaired) electrons. The van der Waals surface area contributed by atoms with Crippen LogP contribution in [-0.4, -0.2) is 7.11 Å². The van der Waals surface area contributed by atoms with Crippen LogP contribution in [0.4, 0.5) is 17.1 Å². The van der Waals surface area contributed by atoms with Crippen molar-refractivity contribution in [2.24, 2.45) is 0 Å². The molecular formula is C21H20BrNO. The molecular weight excluding hydrogens is 362 g/mol. The number of para-hydroxylation sites is 3. The van der Waals surface area contributed by atoms with Crippen LogP contribution < -0.4 is 9.64 Å². The van der Waals surface area contributed by atoms with Crippen molar-refractivity contribution in [2.45, 2.75) is 13.8 Å². The van der Waals surface area contributed by atoms with Crippen LogP contribution in [0, 0.1) is 13.8 Å². The number of anilines is 3. The second-order valence-corrected chi connectivity index (χ2v) is 6.65. The van der Waals surface area contributed by atoms with Gasteiger partial charge in [0.1, 0.15) is 5.75 Å². The monoisotopic (exact) mass is 381 g/mol. The minimum absolute atomic E-state index is 0.850. The number of methoxy groups -OCH3 is 1. The Morgan fingerprint density at radius 1 is 0.833 bits per heavy atom. The van der Waals surface area contributed by atoms with Crippen LogP contribution in [0.1, 0.15) is 11.1 Å². The van der Waals surface area contributed by atoms with Crippen LogP contribution in [0.2, 0.25) is 0 Å². The third-order valence-corrected chi connectivity index (χ3v) is 4.48. The number of hydrogen-bond acceptors (Lipinski definition) is 2. The Hall–Kier alpha value is -2.26. The molecule has 3 aromatic carbocycles. The van der Waals surface area contributed by atoms with Crippen LogP contribution in [0.5, 0.6) is 5.75 Å². The van der Waals surface area contributed by atoms with Crippen LogP contribution >= 0.6 is 15.9 Å². The maximum Gasteiger partial charge on any atom is 0.142 e. The van der Waals surface area contributed by atoms with Gasteiger partial charge in [-0.05, 0) is 61.4 Å². The van der Waals surface area contributed by atoms with E-state index in [0.717, 1.165) is 21.6 Å². The van der Waals surface area contributed by atoms with Crippen molar-refractivity contribution in [1.29, 1.82) is 0 Å². The van der Waals surface area contributed by atoms with E-state index in [4.69, 9.17) is 4.74 Å². The molecule has 0 aromatic heterocycles. The first-order valence-corrected chi connectivity index (χ1v) is 8.66. The van der Waals surface area contributed by atoms with Gasteiger partial charge in [0.15, 0.2) is 0 Å². The molecule has 3 aromatic rings.